The normalized spacial score (nSPS) is 10.7. The van der Waals surface area contributed by atoms with Gasteiger partial charge >= 0.3 is 5.69 Å². The topological polar surface area (TPSA) is 77.3 Å². The molecule has 0 aliphatic heterocycles. The van der Waals surface area contributed by atoms with Gasteiger partial charge < -0.3 is 15.0 Å². The van der Waals surface area contributed by atoms with E-state index >= 15 is 0 Å². The van der Waals surface area contributed by atoms with Crippen LogP contribution in [0.3, 0.4) is 0 Å². The highest BCUT2D eigenvalue weighted by Crippen LogP contribution is 2.16. The van der Waals surface area contributed by atoms with Crippen LogP contribution in [0.25, 0.3) is 22.1 Å². The van der Waals surface area contributed by atoms with Gasteiger partial charge in [-0.25, -0.2) is 18.6 Å². The summed E-state index contributed by atoms with van der Waals surface area (Å²) in [5.41, 5.74) is 1.25. The number of aromatic nitrogens is 4. The highest BCUT2D eigenvalue weighted by molar-refractivity contribution is 6.29. The molecule has 3 N–H and O–H groups in total. The van der Waals surface area contributed by atoms with E-state index in [4.69, 9.17) is 11.6 Å². The number of nitrogens with one attached hydrogen (secondary N) is 3. The second kappa shape index (κ2) is 5.61. The molecule has 0 atom stereocenters. The first-order chi connectivity index (χ1) is 10.5. The van der Waals surface area contributed by atoms with Crippen molar-refractivity contribution in [1.29, 1.82) is 0 Å². The molecule has 2 aromatic heterocycles. The van der Waals surface area contributed by atoms with Crippen molar-refractivity contribution >= 4 is 33.7 Å². The highest BCUT2D eigenvalue weighted by Gasteiger charge is 2.03. The monoisotopic (exact) mass is 322 g/mol. The molecule has 112 valence electrons. The first-order valence-electron chi connectivity index (χ1n) is 6.21. The lowest BCUT2D eigenvalue weighted by Gasteiger charge is -1.87. The SMILES string of the molecule is Fc1cccc2[nH]c(Cl)nc12.O=c1[nH]c2cccc(F)c2[nH]1. The molecule has 0 unspecified atom stereocenters. The fourth-order valence-electron chi connectivity index (χ4n) is 1.99. The van der Waals surface area contributed by atoms with Crippen molar-refractivity contribution in [3.8, 4) is 0 Å². The number of hydrogen-bond acceptors (Lipinski definition) is 2. The quantitative estimate of drug-likeness (QED) is 0.464. The summed E-state index contributed by atoms with van der Waals surface area (Å²) in [6.45, 7) is 0. The van der Waals surface area contributed by atoms with Crippen LogP contribution in [0.2, 0.25) is 5.28 Å². The number of para-hydroxylation sites is 2. The predicted octanol–water partition coefficient (Wildman–Crippen LogP) is 3.35. The lowest BCUT2D eigenvalue weighted by Crippen LogP contribution is -1.99. The summed E-state index contributed by atoms with van der Waals surface area (Å²) in [7, 11) is 0. The Balaban J connectivity index is 0.000000131. The van der Waals surface area contributed by atoms with Gasteiger partial charge in [0.15, 0.2) is 5.82 Å². The van der Waals surface area contributed by atoms with Crippen molar-refractivity contribution in [2.24, 2.45) is 0 Å². The van der Waals surface area contributed by atoms with Gasteiger partial charge in [-0.1, -0.05) is 12.1 Å². The van der Waals surface area contributed by atoms with Crippen LogP contribution in [0, 0.1) is 11.6 Å². The Kier molecular flexibility index (Phi) is 3.64. The third-order valence-corrected chi connectivity index (χ3v) is 3.11. The van der Waals surface area contributed by atoms with Crippen molar-refractivity contribution in [3.63, 3.8) is 0 Å². The molecule has 4 rings (SSSR count). The van der Waals surface area contributed by atoms with Gasteiger partial charge in [0, 0.05) is 0 Å². The molecule has 0 saturated carbocycles. The van der Waals surface area contributed by atoms with Crippen LogP contribution in [0.1, 0.15) is 0 Å². The minimum atomic E-state index is -0.416. The Labute approximate surface area is 127 Å². The standard InChI is InChI=1S/C7H4ClFN2.C7H5FN2O/c8-7-10-5-3-1-2-4(9)6(5)11-7;8-4-2-1-3-5-6(4)10-7(11)9-5/h1-3H,(H,10,11);1-3H,(H2,9,10,11). The first-order valence-corrected chi connectivity index (χ1v) is 6.58. The number of rotatable bonds is 0. The summed E-state index contributed by atoms with van der Waals surface area (Å²) >= 11 is 5.52. The van der Waals surface area contributed by atoms with Crippen molar-refractivity contribution in [3.05, 3.63) is 63.8 Å². The van der Waals surface area contributed by atoms with Crippen LogP contribution in [-0.4, -0.2) is 19.9 Å². The summed E-state index contributed by atoms with van der Waals surface area (Å²) < 4.78 is 25.7. The molecule has 5 nitrogen and oxygen atoms in total. The molecule has 0 bridgehead atoms. The summed E-state index contributed by atoms with van der Waals surface area (Å²) in [5, 5.41) is 0.213. The van der Waals surface area contributed by atoms with Gasteiger partial charge in [0.05, 0.1) is 11.0 Å². The second-order valence-corrected chi connectivity index (χ2v) is 4.76. The fraction of sp³-hybridized carbons (Fsp3) is 0. The number of fused-ring (bicyclic) bond motifs is 2. The molecule has 0 spiro atoms. The lowest BCUT2D eigenvalue weighted by atomic mass is 10.3. The molecule has 0 aliphatic rings. The Hall–Kier alpha value is -2.67. The van der Waals surface area contributed by atoms with E-state index in [-0.39, 0.29) is 27.8 Å². The Morgan fingerprint density at radius 2 is 1.59 bits per heavy atom. The van der Waals surface area contributed by atoms with Crippen molar-refractivity contribution < 1.29 is 8.78 Å². The summed E-state index contributed by atoms with van der Waals surface area (Å²) in [6.07, 6.45) is 0. The minimum absolute atomic E-state index is 0.213. The molecule has 0 saturated heterocycles. The van der Waals surface area contributed by atoms with Gasteiger partial charge in [0.2, 0.25) is 5.28 Å². The van der Waals surface area contributed by atoms with E-state index in [1.807, 2.05) is 0 Å². The van der Waals surface area contributed by atoms with E-state index in [9.17, 15) is 13.6 Å². The molecule has 2 heterocycles. The van der Waals surface area contributed by atoms with Crippen LogP contribution in [-0.2, 0) is 0 Å². The van der Waals surface area contributed by atoms with Crippen LogP contribution >= 0.6 is 11.6 Å². The number of aromatic amines is 3. The Morgan fingerprint density at radius 3 is 2.27 bits per heavy atom. The summed E-state index contributed by atoms with van der Waals surface area (Å²) in [4.78, 5) is 21.9. The van der Waals surface area contributed by atoms with Gasteiger partial charge in [-0.2, -0.15) is 0 Å². The highest BCUT2D eigenvalue weighted by atomic mass is 35.5. The number of benzene rings is 2. The number of hydrogen-bond donors (Lipinski definition) is 3. The zero-order valence-electron chi connectivity index (χ0n) is 11.0. The van der Waals surface area contributed by atoms with Gasteiger partial charge in [-0.3, -0.25) is 0 Å². The molecule has 0 aliphatic carbocycles. The number of nitrogens with zero attached hydrogens (tertiary/aromatic N) is 1. The minimum Gasteiger partial charge on any atom is -0.328 e. The Morgan fingerprint density at radius 1 is 0.909 bits per heavy atom. The largest absolute Gasteiger partial charge is 0.328 e. The Bertz CT molecular complexity index is 1000. The molecular formula is C14H9ClF2N4O. The van der Waals surface area contributed by atoms with E-state index in [0.29, 0.717) is 11.0 Å². The second-order valence-electron chi connectivity index (χ2n) is 4.41. The van der Waals surface area contributed by atoms with Gasteiger partial charge in [-0.15, -0.1) is 0 Å². The van der Waals surface area contributed by atoms with Crippen LogP contribution in [0.15, 0.2) is 41.2 Å². The van der Waals surface area contributed by atoms with Gasteiger partial charge in [-0.05, 0) is 35.9 Å². The van der Waals surface area contributed by atoms with Crippen molar-refractivity contribution in [2.75, 3.05) is 0 Å². The number of H-pyrrole nitrogens is 3. The molecule has 0 amide bonds. The smallest absolute Gasteiger partial charge is 0.323 e. The van der Waals surface area contributed by atoms with Crippen LogP contribution in [0.4, 0.5) is 8.78 Å². The van der Waals surface area contributed by atoms with E-state index < -0.39 is 5.82 Å². The lowest BCUT2D eigenvalue weighted by molar-refractivity contribution is 0.637. The molecular weight excluding hydrogens is 314 g/mol. The maximum absolute atomic E-state index is 12.9. The van der Waals surface area contributed by atoms with E-state index in [1.165, 1.54) is 12.1 Å². The van der Waals surface area contributed by atoms with Gasteiger partial charge in [0.25, 0.3) is 0 Å². The molecule has 2 aromatic carbocycles. The predicted molar refractivity (Wildman–Crippen MR) is 79.9 cm³/mol. The molecule has 4 aromatic rings. The maximum Gasteiger partial charge on any atom is 0.323 e. The zero-order valence-corrected chi connectivity index (χ0v) is 11.7. The van der Waals surface area contributed by atoms with Crippen LogP contribution in [0.5, 0.6) is 0 Å². The van der Waals surface area contributed by atoms with Gasteiger partial charge in [0.1, 0.15) is 16.9 Å². The summed E-state index contributed by atoms with van der Waals surface area (Å²) in [6, 6.07) is 9.15. The summed E-state index contributed by atoms with van der Waals surface area (Å²) in [5.74, 6) is -0.772. The van der Waals surface area contributed by atoms with E-state index in [1.54, 1.807) is 24.3 Å². The van der Waals surface area contributed by atoms with Crippen molar-refractivity contribution in [1.82, 2.24) is 19.9 Å². The van der Waals surface area contributed by atoms with Crippen molar-refractivity contribution in [2.45, 2.75) is 0 Å². The van der Waals surface area contributed by atoms with E-state index in [2.05, 4.69) is 19.9 Å². The average molecular weight is 323 g/mol. The molecule has 0 fully saturated rings. The first kappa shape index (κ1) is 14.3. The molecule has 8 heteroatoms. The van der Waals surface area contributed by atoms with E-state index in [0.717, 1.165) is 0 Å². The van der Waals surface area contributed by atoms with Crippen LogP contribution < -0.4 is 5.69 Å². The number of halogens is 3. The third kappa shape index (κ3) is 2.71. The average Bonchev–Trinajstić information content (AvgIpc) is 3.03. The molecule has 22 heavy (non-hydrogen) atoms. The maximum atomic E-state index is 12.9. The third-order valence-electron chi connectivity index (χ3n) is 2.93. The molecule has 0 radical (unpaired) electrons. The zero-order chi connectivity index (χ0) is 15.7. The fourth-order valence-corrected chi connectivity index (χ4v) is 2.18. The number of imidazole rings is 2.